The molecule has 3 rings (SSSR count). The average Bonchev–Trinajstić information content (AvgIpc) is 2.97. The van der Waals surface area contributed by atoms with Crippen molar-refractivity contribution in [2.75, 3.05) is 13.7 Å². The van der Waals surface area contributed by atoms with Crippen LogP contribution >= 0.6 is 11.3 Å². The minimum absolute atomic E-state index is 0.0636. The number of ether oxygens (including phenoxy) is 1. The smallest absolute Gasteiger partial charge is 0.328 e. The van der Waals surface area contributed by atoms with E-state index in [1.807, 2.05) is 30.3 Å². The predicted octanol–water partition coefficient (Wildman–Crippen LogP) is 3.07. The first-order chi connectivity index (χ1) is 10.2. The number of carbonyl (C=O) groups is 2. The first kappa shape index (κ1) is 14.1. The van der Waals surface area contributed by atoms with E-state index in [0.717, 1.165) is 22.9 Å². The van der Waals surface area contributed by atoms with Crippen LogP contribution in [-0.2, 0) is 9.53 Å². The van der Waals surface area contributed by atoms with Gasteiger partial charge in [0.15, 0.2) is 0 Å². The van der Waals surface area contributed by atoms with Crippen molar-refractivity contribution in [3.8, 4) is 0 Å². The Balaban J connectivity index is 1.90. The van der Waals surface area contributed by atoms with Crippen LogP contribution in [0.15, 0.2) is 30.3 Å². The van der Waals surface area contributed by atoms with E-state index in [1.165, 1.54) is 18.4 Å². The molecule has 2 aromatic rings. The van der Waals surface area contributed by atoms with Crippen molar-refractivity contribution in [3.05, 3.63) is 35.2 Å². The Labute approximate surface area is 127 Å². The lowest BCUT2D eigenvalue weighted by Gasteiger charge is -2.33. The molecule has 1 aliphatic rings. The molecule has 2 heterocycles. The number of piperidine rings is 1. The van der Waals surface area contributed by atoms with Crippen LogP contribution in [0.1, 0.15) is 28.9 Å². The summed E-state index contributed by atoms with van der Waals surface area (Å²) in [5.41, 5.74) is 0. The van der Waals surface area contributed by atoms with Gasteiger partial charge in [-0.15, -0.1) is 11.3 Å². The van der Waals surface area contributed by atoms with E-state index in [-0.39, 0.29) is 11.9 Å². The van der Waals surface area contributed by atoms with E-state index in [4.69, 9.17) is 4.74 Å². The lowest BCUT2D eigenvalue weighted by Crippen LogP contribution is -2.48. The van der Waals surface area contributed by atoms with Gasteiger partial charge in [-0.1, -0.05) is 18.2 Å². The van der Waals surface area contributed by atoms with Crippen molar-refractivity contribution in [2.45, 2.75) is 25.3 Å². The standard InChI is InChI=1S/C16H17NO3S/c1-20-16(19)12-7-4-5-9-17(12)15(18)14-10-11-6-2-3-8-13(11)21-14/h2-3,6,8,10,12H,4-5,7,9H2,1H3/t12-/m0/s1. The van der Waals surface area contributed by atoms with Gasteiger partial charge in [0.1, 0.15) is 6.04 Å². The Hall–Kier alpha value is -1.88. The van der Waals surface area contributed by atoms with Crippen molar-refractivity contribution < 1.29 is 14.3 Å². The molecule has 1 atom stereocenters. The number of benzene rings is 1. The van der Waals surface area contributed by atoms with Gasteiger partial charge < -0.3 is 9.64 Å². The number of carbonyl (C=O) groups excluding carboxylic acids is 2. The first-order valence-electron chi connectivity index (χ1n) is 7.08. The normalized spacial score (nSPS) is 18.7. The maximum absolute atomic E-state index is 12.7. The van der Waals surface area contributed by atoms with Crippen molar-refractivity contribution >= 4 is 33.3 Å². The van der Waals surface area contributed by atoms with Crippen LogP contribution < -0.4 is 0 Å². The van der Waals surface area contributed by atoms with Crippen LogP contribution in [0.4, 0.5) is 0 Å². The summed E-state index contributed by atoms with van der Waals surface area (Å²) >= 11 is 1.48. The van der Waals surface area contributed by atoms with Gasteiger partial charge in [-0.25, -0.2) is 4.79 Å². The van der Waals surface area contributed by atoms with Crippen LogP contribution in [0.3, 0.4) is 0 Å². The number of methoxy groups -OCH3 is 1. The molecule has 1 aromatic carbocycles. The molecule has 1 aliphatic heterocycles. The van der Waals surface area contributed by atoms with Crippen LogP contribution in [-0.4, -0.2) is 36.5 Å². The molecular weight excluding hydrogens is 286 g/mol. The highest BCUT2D eigenvalue weighted by Gasteiger charge is 2.33. The van der Waals surface area contributed by atoms with Gasteiger partial charge in [0.25, 0.3) is 5.91 Å². The maximum atomic E-state index is 12.7. The molecule has 0 unspecified atom stereocenters. The topological polar surface area (TPSA) is 46.6 Å². The number of likely N-dealkylation sites (tertiary alicyclic amines) is 1. The fourth-order valence-electron chi connectivity index (χ4n) is 2.78. The fraction of sp³-hybridized carbons (Fsp3) is 0.375. The predicted molar refractivity (Wildman–Crippen MR) is 82.5 cm³/mol. The Morgan fingerprint density at radius 3 is 2.86 bits per heavy atom. The minimum Gasteiger partial charge on any atom is -0.467 e. The number of thiophene rings is 1. The van der Waals surface area contributed by atoms with Crippen LogP contribution in [0.2, 0.25) is 0 Å². The summed E-state index contributed by atoms with van der Waals surface area (Å²) in [4.78, 5) is 27.0. The van der Waals surface area contributed by atoms with E-state index in [2.05, 4.69) is 0 Å². The van der Waals surface area contributed by atoms with Gasteiger partial charge >= 0.3 is 5.97 Å². The third-order valence-corrected chi connectivity index (χ3v) is 4.98. The highest BCUT2D eigenvalue weighted by Crippen LogP contribution is 2.28. The Morgan fingerprint density at radius 1 is 1.29 bits per heavy atom. The molecule has 0 aliphatic carbocycles. The summed E-state index contributed by atoms with van der Waals surface area (Å²) < 4.78 is 5.93. The molecule has 1 saturated heterocycles. The molecule has 0 radical (unpaired) electrons. The molecule has 5 heteroatoms. The van der Waals surface area contributed by atoms with E-state index in [1.54, 1.807) is 4.90 Å². The van der Waals surface area contributed by atoms with Gasteiger partial charge in [0, 0.05) is 11.2 Å². The second kappa shape index (κ2) is 5.85. The van der Waals surface area contributed by atoms with Gasteiger partial charge in [0.05, 0.1) is 12.0 Å². The van der Waals surface area contributed by atoms with E-state index in [0.29, 0.717) is 17.8 Å². The highest BCUT2D eigenvalue weighted by atomic mass is 32.1. The second-order valence-corrected chi connectivity index (χ2v) is 6.27. The zero-order valence-electron chi connectivity index (χ0n) is 11.9. The van der Waals surface area contributed by atoms with Crippen LogP contribution in [0.5, 0.6) is 0 Å². The maximum Gasteiger partial charge on any atom is 0.328 e. The largest absolute Gasteiger partial charge is 0.467 e. The second-order valence-electron chi connectivity index (χ2n) is 5.18. The average molecular weight is 303 g/mol. The highest BCUT2D eigenvalue weighted by molar-refractivity contribution is 7.20. The number of nitrogens with zero attached hydrogens (tertiary/aromatic N) is 1. The summed E-state index contributed by atoms with van der Waals surface area (Å²) in [6.45, 7) is 0.618. The monoisotopic (exact) mass is 303 g/mol. The third-order valence-electron chi connectivity index (χ3n) is 3.87. The molecule has 1 amide bonds. The van der Waals surface area contributed by atoms with Crippen LogP contribution in [0.25, 0.3) is 10.1 Å². The fourth-order valence-corrected chi connectivity index (χ4v) is 3.80. The Kier molecular flexibility index (Phi) is 3.92. The number of amides is 1. The zero-order chi connectivity index (χ0) is 14.8. The molecule has 0 spiro atoms. The minimum atomic E-state index is -0.443. The summed E-state index contributed by atoms with van der Waals surface area (Å²) in [7, 11) is 1.37. The van der Waals surface area contributed by atoms with Crippen LogP contribution in [0, 0.1) is 0 Å². The quantitative estimate of drug-likeness (QED) is 0.801. The molecule has 1 aromatic heterocycles. The molecule has 110 valence electrons. The third kappa shape index (κ3) is 2.65. The van der Waals surface area contributed by atoms with E-state index < -0.39 is 6.04 Å². The van der Waals surface area contributed by atoms with Gasteiger partial charge in [-0.05, 0) is 36.8 Å². The van der Waals surface area contributed by atoms with E-state index in [9.17, 15) is 9.59 Å². The van der Waals surface area contributed by atoms with Gasteiger partial charge in [-0.2, -0.15) is 0 Å². The molecule has 21 heavy (non-hydrogen) atoms. The number of hydrogen-bond acceptors (Lipinski definition) is 4. The summed E-state index contributed by atoms with van der Waals surface area (Å²) in [5, 5.41) is 1.07. The number of esters is 1. The molecule has 0 N–H and O–H groups in total. The molecule has 1 fully saturated rings. The summed E-state index contributed by atoms with van der Waals surface area (Å²) in [5.74, 6) is -0.379. The summed E-state index contributed by atoms with van der Waals surface area (Å²) in [6, 6.07) is 9.39. The number of fused-ring (bicyclic) bond motifs is 1. The van der Waals surface area contributed by atoms with Crippen molar-refractivity contribution in [3.63, 3.8) is 0 Å². The van der Waals surface area contributed by atoms with Gasteiger partial charge in [-0.3, -0.25) is 4.79 Å². The molecule has 4 nitrogen and oxygen atoms in total. The Morgan fingerprint density at radius 2 is 2.10 bits per heavy atom. The van der Waals surface area contributed by atoms with Crippen molar-refractivity contribution in [1.29, 1.82) is 0 Å². The lowest BCUT2D eigenvalue weighted by molar-refractivity contribution is -0.147. The molecule has 0 saturated carbocycles. The Bertz CT molecular complexity index is 646. The molecular formula is C16H17NO3S. The SMILES string of the molecule is COC(=O)[C@@H]1CCCCN1C(=O)c1cc2ccccc2s1. The van der Waals surface area contributed by atoms with E-state index >= 15 is 0 Å². The van der Waals surface area contributed by atoms with Crippen molar-refractivity contribution in [1.82, 2.24) is 4.90 Å². The number of rotatable bonds is 2. The number of hydrogen-bond donors (Lipinski definition) is 0. The summed E-state index contributed by atoms with van der Waals surface area (Å²) in [6.07, 6.45) is 2.57. The van der Waals surface area contributed by atoms with Gasteiger partial charge in [0.2, 0.25) is 0 Å². The van der Waals surface area contributed by atoms with Crippen molar-refractivity contribution in [2.24, 2.45) is 0 Å². The first-order valence-corrected chi connectivity index (χ1v) is 7.90. The molecule has 0 bridgehead atoms. The zero-order valence-corrected chi connectivity index (χ0v) is 12.7. The lowest BCUT2D eigenvalue weighted by atomic mass is 10.0.